The summed E-state index contributed by atoms with van der Waals surface area (Å²) in [5.74, 6) is 0. The van der Waals surface area contributed by atoms with E-state index in [-0.39, 0.29) is 11.7 Å². The molecule has 2 atom stereocenters. The number of hydrogen-bond donors (Lipinski definition) is 1. The molecular formula is C8H14N2O. The Hall–Kier alpha value is -0.590. The Kier molecular flexibility index (Phi) is 2.17. The molecule has 1 aliphatic heterocycles. The highest BCUT2D eigenvalue weighted by Crippen LogP contribution is 2.20. The molecule has 3 heteroatoms. The summed E-state index contributed by atoms with van der Waals surface area (Å²) in [6.45, 7) is 6.69. The van der Waals surface area contributed by atoms with Crippen LogP contribution in [0.4, 0.5) is 0 Å². The lowest BCUT2D eigenvalue weighted by atomic mass is 9.98. The molecule has 0 aromatic rings. The lowest BCUT2D eigenvalue weighted by molar-refractivity contribution is -0.0949. The molecule has 0 spiro atoms. The summed E-state index contributed by atoms with van der Waals surface area (Å²) in [4.78, 5) is 0. The van der Waals surface area contributed by atoms with E-state index < -0.39 is 0 Å². The summed E-state index contributed by atoms with van der Waals surface area (Å²) in [6.07, 6.45) is -0.291. The summed E-state index contributed by atoms with van der Waals surface area (Å²) in [5.41, 5.74) is -0.224. The fourth-order valence-electron chi connectivity index (χ4n) is 1.11. The van der Waals surface area contributed by atoms with E-state index in [1.807, 2.05) is 13.8 Å². The average Bonchev–Trinajstić information content (AvgIpc) is 1.95. The monoisotopic (exact) mass is 154 g/mol. The van der Waals surface area contributed by atoms with Crippen molar-refractivity contribution in [1.29, 1.82) is 5.26 Å². The first-order chi connectivity index (χ1) is 5.06. The Morgan fingerprint density at radius 1 is 1.64 bits per heavy atom. The van der Waals surface area contributed by atoms with Gasteiger partial charge in [-0.2, -0.15) is 5.26 Å². The van der Waals surface area contributed by atoms with Crippen LogP contribution in [0.3, 0.4) is 0 Å². The molecule has 2 unspecified atom stereocenters. The predicted octanol–water partition coefficient (Wildman–Crippen LogP) is 0.665. The van der Waals surface area contributed by atoms with Crippen LogP contribution in [-0.2, 0) is 4.74 Å². The van der Waals surface area contributed by atoms with Crippen LogP contribution in [0.2, 0.25) is 0 Å². The van der Waals surface area contributed by atoms with Crippen molar-refractivity contribution in [3.05, 3.63) is 0 Å². The number of rotatable bonds is 0. The number of nitrogens with one attached hydrogen (secondary N) is 1. The summed E-state index contributed by atoms with van der Waals surface area (Å²) in [6, 6.07) is 2.41. The fourth-order valence-corrected chi connectivity index (χ4v) is 1.11. The van der Waals surface area contributed by atoms with Gasteiger partial charge >= 0.3 is 0 Å². The fraction of sp³-hybridized carbons (Fsp3) is 0.875. The summed E-state index contributed by atoms with van der Waals surface area (Å²) in [5, 5.41) is 11.8. The van der Waals surface area contributed by atoms with Gasteiger partial charge in [-0.3, -0.25) is 0 Å². The van der Waals surface area contributed by atoms with Gasteiger partial charge in [-0.1, -0.05) is 0 Å². The molecule has 0 amide bonds. The summed E-state index contributed by atoms with van der Waals surface area (Å²) >= 11 is 0. The van der Waals surface area contributed by atoms with Crippen LogP contribution >= 0.6 is 0 Å². The lowest BCUT2D eigenvalue weighted by Crippen LogP contribution is -2.56. The molecule has 0 bridgehead atoms. The average molecular weight is 154 g/mol. The highest BCUT2D eigenvalue weighted by Gasteiger charge is 2.34. The standard InChI is InChI=1S/C8H14N2O/c1-6-8(2,3)11-7(4-9)5-10-6/h6-7,10H,5H2,1-3H3. The molecule has 11 heavy (non-hydrogen) atoms. The van der Waals surface area contributed by atoms with E-state index in [0.29, 0.717) is 12.6 Å². The second-order valence-corrected chi connectivity index (χ2v) is 3.47. The predicted molar refractivity (Wildman–Crippen MR) is 42.0 cm³/mol. The van der Waals surface area contributed by atoms with E-state index in [1.54, 1.807) is 0 Å². The molecule has 1 aliphatic rings. The van der Waals surface area contributed by atoms with Crippen molar-refractivity contribution in [3.8, 4) is 6.07 Å². The maximum Gasteiger partial charge on any atom is 0.157 e. The van der Waals surface area contributed by atoms with Crippen molar-refractivity contribution < 1.29 is 4.74 Å². The van der Waals surface area contributed by atoms with Gasteiger partial charge in [0.05, 0.1) is 11.7 Å². The van der Waals surface area contributed by atoms with Crippen molar-refractivity contribution >= 4 is 0 Å². The van der Waals surface area contributed by atoms with Gasteiger partial charge in [-0.25, -0.2) is 0 Å². The van der Waals surface area contributed by atoms with Crippen LogP contribution < -0.4 is 5.32 Å². The number of ether oxygens (including phenoxy) is 1. The normalized spacial score (nSPS) is 36.2. The molecule has 1 rings (SSSR count). The van der Waals surface area contributed by atoms with Gasteiger partial charge in [-0.15, -0.1) is 0 Å². The second kappa shape index (κ2) is 2.80. The minimum atomic E-state index is -0.291. The van der Waals surface area contributed by atoms with Crippen LogP contribution in [0, 0.1) is 11.3 Å². The maximum atomic E-state index is 8.59. The third-order valence-electron chi connectivity index (χ3n) is 2.24. The van der Waals surface area contributed by atoms with Gasteiger partial charge < -0.3 is 10.1 Å². The number of nitriles is 1. The first-order valence-electron chi connectivity index (χ1n) is 3.87. The molecule has 1 saturated heterocycles. The molecule has 62 valence electrons. The molecule has 1 fully saturated rings. The zero-order valence-corrected chi connectivity index (χ0v) is 7.22. The van der Waals surface area contributed by atoms with Crippen LogP contribution in [-0.4, -0.2) is 24.3 Å². The highest BCUT2D eigenvalue weighted by molar-refractivity contribution is 4.96. The van der Waals surface area contributed by atoms with Crippen molar-refractivity contribution in [2.45, 2.75) is 38.5 Å². The molecule has 0 saturated carbocycles. The quantitative estimate of drug-likeness (QED) is 0.557. The topological polar surface area (TPSA) is 45.0 Å². The van der Waals surface area contributed by atoms with Gasteiger partial charge in [-0.05, 0) is 20.8 Å². The Labute approximate surface area is 67.3 Å². The van der Waals surface area contributed by atoms with E-state index in [9.17, 15) is 0 Å². The summed E-state index contributed by atoms with van der Waals surface area (Å²) < 4.78 is 5.51. The minimum absolute atomic E-state index is 0.224. The highest BCUT2D eigenvalue weighted by atomic mass is 16.5. The van der Waals surface area contributed by atoms with Crippen LogP contribution in [0.15, 0.2) is 0 Å². The van der Waals surface area contributed by atoms with Crippen molar-refractivity contribution in [3.63, 3.8) is 0 Å². The maximum absolute atomic E-state index is 8.59. The number of hydrogen-bond acceptors (Lipinski definition) is 3. The molecular weight excluding hydrogens is 140 g/mol. The first-order valence-corrected chi connectivity index (χ1v) is 3.87. The van der Waals surface area contributed by atoms with Crippen molar-refractivity contribution in [2.24, 2.45) is 0 Å². The third kappa shape index (κ3) is 1.70. The SMILES string of the molecule is CC1NCC(C#N)OC1(C)C. The van der Waals surface area contributed by atoms with Crippen molar-refractivity contribution in [1.82, 2.24) is 5.32 Å². The largest absolute Gasteiger partial charge is 0.354 e. The minimum Gasteiger partial charge on any atom is -0.354 e. The van der Waals surface area contributed by atoms with Gasteiger partial charge in [0, 0.05) is 12.6 Å². The molecule has 1 heterocycles. The van der Waals surface area contributed by atoms with Gasteiger partial charge in [0.1, 0.15) is 0 Å². The number of nitrogens with zero attached hydrogens (tertiary/aromatic N) is 1. The second-order valence-electron chi connectivity index (χ2n) is 3.47. The third-order valence-corrected chi connectivity index (χ3v) is 2.24. The molecule has 0 aromatic heterocycles. The summed E-state index contributed by atoms with van der Waals surface area (Å²) in [7, 11) is 0. The first kappa shape index (κ1) is 8.51. The van der Waals surface area contributed by atoms with Crippen molar-refractivity contribution in [2.75, 3.05) is 6.54 Å². The van der Waals surface area contributed by atoms with E-state index >= 15 is 0 Å². The zero-order valence-electron chi connectivity index (χ0n) is 7.22. The van der Waals surface area contributed by atoms with Crippen LogP contribution in [0.5, 0.6) is 0 Å². The molecule has 0 aliphatic carbocycles. The Morgan fingerprint density at radius 3 is 2.73 bits per heavy atom. The molecule has 1 N–H and O–H groups in total. The Bertz CT molecular complexity index is 183. The van der Waals surface area contributed by atoms with Gasteiger partial charge in [0.15, 0.2) is 6.10 Å². The molecule has 3 nitrogen and oxygen atoms in total. The van der Waals surface area contributed by atoms with E-state index in [0.717, 1.165) is 0 Å². The van der Waals surface area contributed by atoms with E-state index in [4.69, 9.17) is 10.00 Å². The smallest absolute Gasteiger partial charge is 0.157 e. The Morgan fingerprint density at radius 2 is 2.27 bits per heavy atom. The van der Waals surface area contributed by atoms with Gasteiger partial charge in [0.2, 0.25) is 0 Å². The van der Waals surface area contributed by atoms with Gasteiger partial charge in [0.25, 0.3) is 0 Å². The van der Waals surface area contributed by atoms with E-state index in [2.05, 4.69) is 18.3 Å². The lowest BCUT2D eigenvalue weighted by Gasteiger charge is -2.39. The number of morpholine rings is 1. The van der Waals surface area contributed by atoms with E-state index in [1.165, 1.54) is 0 Å². The Balaban J connectivity index is 2.61. The van der Waals surface area contributed by atoms with Crippen LogP contribution in [0.1, 0.15) is 20.8 Å². The zero-order chi connectivity index (χ0) is 8.48. The van der Waals surface area contributed by atoms with Crippen LogP contribution in [0.25, 0.3) is 0 Å². The molecule has 0 radical (unpaired) electrons. The molecule has 0 aromatic carbocycles.